The van der Waals surface area contributed by atoms with Crippen molar-refractivity contribution in [1.29, 1.82) is 0 Å². The number of carboxylic acid groups (broad SMARTS) is 1. The highest BCUT2D eigenvalue weighted by atomic mass is 19.1. The molecule has 0 saturated carbocycles. The van der Waals surface area contributed by atoms with Crippen LogP contribution in [0.1, 0.15) is 44.7 Å². The third kappa shape index (κ3) is 2.54. The minimum Gasteiger partial charge on any atom is -0.480 e. The minimum absolute atomic E-state index is 0.334. The lowest BCUT2D eigenvalue weighted by atomic mass is 9.86. The quantitative estimate of drug-likeness (QED) is 0.924. The van der Waals surface area contributed by atoms with Gasteiger partial charge < -0.3 is 5.11 Å². The fourth-order valence-electron chi connectivity index (χ4n) is 3.00. The summed E-state index contributed by atoms with van der Waals surface area (Å²) in [6, 6.07) is 3.04. The summed E-state index contributed by atoms with van der Waals surface area (Å²) in [5, 5.41) is 9.48. The van der Waals surface area contributed by atoms with Crippen molar-refractivity contribution in [3.05, 3.63) is 35.4 Å². The van der Waals surface area contributed by atoms with Crippen LogP contribution < -0.4 is 0 Å². The molecule has 1 N–H and O–H groups in total. The van der Waals surface area contributed by atoms with Gasteiger partial charge in [-0.15, -0.1) is 0 Å². The standard InChI is InChI=1S/C15H19F2NO2/c1-10(12-6-5-11(16)9-13(12)17)18-8-4-3-7-15(18,2)14(19)20/h5-6,9-10H,3-4,7-8H2,1-2H3,(H,19,20). The van der Waals surface area contributed by atoms with Crippen LogP contribution in [0.4, 0.5) is 8.78 Å². The summed E-state index contributed by atoms with van der Waals surface area (Å²) in [5.41, 5.74) is -0.667. The van der Waals surface area contributed by atoms with E-state index in [4.69, 9.17) is 0 Å². The van der Waals surface area contributed by atoms with Crippen molar-refractivity contribution in [2.75, 3.05) is 6.54 Å². The fourth-order valence-corrected chi connectivity index (χ4v) is 3.00. The van der Waals surface area contributed by atoms with Crippen LogP contribution in [0.5, 0.6) is 0 Å². The van der Waals surface area contributed by atoms with Gasteiger partial charge in [-0.25, -0.2) is 8.78 Å². The summed E-state index contributed by atoms with van der Waals surface area (Å²) in [4.78, 5) is 13.4. The number of aliphatic carboxylic acids is 1. The van der Waals surface area contributed by atoms with Crippen LogP contribution >= 0.6 is 0 Å². The topological polar surface area (TPSA) is 40.5 Å². The fraction of sp³-hybridized carbons (Fsp3) is 0.533. The van der Waals surface area contributed by atoms with E-state index in [0.29, 0.717) is 18.5 Å². The molecule has 0 radical (unpaired) electrons. The van der Waals surface area contributed by atoms with E-state index in [0.717, 1.165) is 18.9 Å². The first-order valence-electron chi connectivity index (χ1n) is 6.81. The molecule has 2 atom stereocenters. The molecule has 20 heavy (non-hydrogen) atoms. The number of carboxylic acids is 1. The Labute approximate surface area is 117 Å². The van der Waals surface area contributed by atoms with Gasteiger partial charge in [-0.1, -0.05) is 6.07 Å². The summed E-state index contributed by atoms with van der Waals surface area (Å²) in [5.74, 6) is -2.15. The largest absolute Gasteiger partial charge is 0.480 e. The first-order chi connectivity index (χ1) is 9.36. The first-order valence-corrected chi connectivity index (χ1v) is 6.81. The average molecular weight is 283 g/mol. The number of piperidine rings is 1. The summed E-state index contributed by atoms with van der Waals surface area (Å²) in [6.45, 7) is 4.04. The smallest absolute Gasteiger partial charge is 0.323 e. The van der Waals surface area contributed by atoms with Gasteiger partial charge in [-0.2, -0.15) is 0 Å². The maximum Gasteiger partial charge on any atom is 0.323 e. The van der Waals surface area contributed by atoms with E-state index in [1.54, 1.807) is 18.7 Å². The SMILES string of the molecule is CC(c1ccc(F)cc1F)N1CCCCC1(C)C(=O)O. The first kappa shape index (κ1) is 14.9. The molecule has 0 spiro atoms. The van der Waals surface area contributed by atoms with Gasteiger partial charge in [0.1, 0.15) is 17.2 Å². The van der Waals surface area contributed by atoms with Crippen molar-refractivity contribution in [3.8, 4) is 0 Å². The molecule has 0 aliphatic carbocycles. The van der Waals surface area contributed by atoms with Gasteiger partial charge in [0.25, 0.3) is 0 Å². The number of nitrogens with zero attached hydrogens (tertiary/aromatic N) is 1. The molecule has 2 rings (SSSR count). The zero-order valence-corrected chi connectivity index (χ0v) is 11.7. The van der Waals surface area contributed by atoms with Gasteiger partial charge in [0.15, 0.2) is 0 Å². The van der Waals surface area contributed by atoms with Crippen LogP contribution in [-0.4, -0.2) is 28.1 Å². The molecule has 110 valence electrons. The van der Waals surface area contributed by atoms with Crippen molar-refractivity contribution < 1.29 is 18.7 Å². The molecule has 0 amide bonds. The number of hydrogen-bond donors (Lipinski definition) is 1. The van der Waals surface area contributed by atoms with Gasteiger partial charge in [-0.3, -0.25) is 9.69 Å². The van der Waals surface area contributed by atoms with Crippen LogP contribution in [0.3, 0.4) is 0 Å². The zero-order valence-electron chi connectivity index (χ0n) is 11.7. The lowest BCUT2D eigenvalue weighted by molar-refractivity contribution is -0.155. The molecule has 2 unspecified atom stereocenters. The van der Waals surface area contributed by atoms with E-state index in [1.165, 1.54) is 12.1 Å². The van der Waals surface area contributed by atoms with E-state index in [-0.39, 0.29) is 0 Å². The van der Waals surface area contributed by atoms with Crippen LogP contribution in [0.25, 0.3) is 0 Å². The van der Waals surface area contributed by atoms with Crippen LogP contribution in [0, 0.1) is 11.6 Å². The van der Waals surface area contributed by atoms with E-state index in [1.807, 2.05) is 0 Å². The molecule has 1 heterocycles. The van der Waals surface area contributed by atoms with E-state index in [2.05, 4.69) is 0 Å². The number of halogens is 2. The monoisotopic (exact) mass is 283 g/mol. The normalized spacial score (nSPS) is 25.4. The van der Waals surface area contributed by atoms with Gasteiger partial charge in [0, 0.05) is 17.7 Å². The predicted molar refractivity (Wildman–Crippen MR) is 71.4 cm³/mol. The Morgan fingerprint density at radius 2 is 2.10 bits per heavy atom. The van der Waals surface area contributed by atoms with Crippen molar-refractivity contribution in [3.63, 3.8) is 0 Å². The Hall–Kier alpha value is -1.49. The molecule has 1 fully saturated rings. The van der Waals surface area contributed by atoms with Crippen molar-refractivity contribution in [2.24, 2.45) is 0 Å². The molecule has 1 aliphatic heterocycles. The summed E-state index contributed by atoms with van der Waals surface area (Å²) < 4.78 is 26.9. The molecule has 1 saturated heterocycles. The predicted octanol–water partition coefficient (Wildman–Crippen LogP) is 3.36. The highest BCUT2D eigenvalue weighted by Crippen LogP contribution is 2.36. The molecule has 1 aromatic carbocycles. The Kier molecular flexibility index (Phi) is 4.09. The lowest BCUT2D eigenvalue weighted by Crippen LogP contribution is -2.55. The van der Waals surface area contributed by atoms with Crippen LogP contribution in [-0.2, 0) is 4.79 Å². The highest BCUT2D eigenvalue weighted by molar-refractivity contribution is 5.78. The summed E-state index contributed by atoms with van der Waals surface area (Å²) >= 11 is 0. The molecule has 1 aromatic rings. The molecular formula is C15H19F2NO2. The van der Waals surface area contributed by atoms with E-state index >= 15 is 0 Å². The Morgan fingerprint density at radius 3 is 2.70 bits per heavy atom. The third-order valence-electron chi connectivity index (χ3n) is 4.29. The van der Waals surface area contributed by atoms with Gasteiger partial charge in [0.2, 0.25) is 0 Å². The maximum absolute atomic E-state index is 13.9. The van der Waals surface area contributed by atoms with Crippen molar-refractivity contribution in [2.45, 2.75) is 44.7 Å². The number of benzene rings is 1. The number of rotatable bonds is 3. The summed E-state index contributed by atoms with van der Waals surface area (Å²) in [6.07, 6.45) is 2.27. The van der Waals surface area contributed by atoms with Crippen LogP contribution in [0.15, 0.2) is 18.2 Å². The second-order valence-electron chi connectivity index (χ2n) is 5.57. The molecule has 0 aromatic heterocycles. The van der Waals surface area contributed by atoms with E-state index in [9.17, 15) is 18.7 Å². The van der Waals surface area contributed by atoms with Gasteiger partial charge in [-0.05, 0) is 45.7 Å². The molecule has 3 nitrogen and oxygen atoms in total. The van der Waals surface area contributed by atoms with Gasteiger partial charge in [0.05, 0.1) is 0 Å². The third-order valence-corrected chi connectivity index (χ3v) is 4.29. The minimum atomic E-state index is -1.00. The van der Waals surface area contributed by atoms with Gasteiger partial charge >= 0.3 is 5.97 Å². The Balaban J connectivity index is 2.35. The van der Waals surface area contributed by atoms with Crippen molar-refractivity contribution in [1.82, 2.24) is 4.90 Å². The molecule has 5 heteroatoms. The number of carbonyl (C=O) groups is 1. The zero-order chi connectivity index (χ0) is 14.9. The molecule has 0 bridgehead atoms. The average Bonchev–Trinajstić information content (AvgIpc) is 2.38. The highest BCUT2D eigenvalue weighted by Gasteiger charge is 2.44. The number of hydrogen-bond acceptors (Lipinski definition) is 2. The molecular weight excluding hydrogens is 264 g/mol. The number of likely N-dealkylation sites (tertiary alicyclic amines) is 1. The molecule has 1 aliphatic rings. The second-order valence-corrected chi connectivity index (χ2v) is 5.57. The Bertz CT molecular complexity index is 521. The summed E-state index contributed by atoms with van der Waals surface area (Å²) in [7, 11) is 0. The lowest BCUT2D eigenvalue weighted by Gasteiger charge is -2.45. The van der Waals surface area contributed by atoms with Crippen LogP contribution in [0.2, 0.25) is 0 Å². The maximum atomic E-state index is 13.9. The second kappa shape index (κ2) is 5.48. The van der Waals surface area contributed by atoms with E-state index < -0.39 is 29.2 Å². The van der Waals surface area contributed by atoms with Crippen molar-refractivity contribution >= 4 is 5.97 Å². The Morgan fingerprint density at radius 1 is 1.40 bits per heavy atom.